The Bertz CT molecular complexity index is 1350. The second kappa shape index (κ2) is 11.2. The van der Waals surface area contributed by atoms with Crippen molar-refractivity contribution in [2.75, 3.05) is 25.5 Å². The van der Waals surface area contributed by atoms with Crippen LogP contribution >= 0.6 is 7.75 Å². The van der Waals surface area contributed by atoms with E-state index in [4.69, 9.17) is 24.3 Å². The second-order valence-corrected chi connectivity index (χ2v) is 12.2. The number of nitrogen functional groups attached to an aromatic ring is 1. The number of carbonyl (C=O) groups excluding carboxylic acids is 1. The highest BCUT2D eigenvalue weighted by Crippen LogP contribution is 2.48. The molecule has 1 fully saturated rings. The molecule has 1 saturated heterocycles. The number of aliphatic hydroxyl groups excluding tert-OH is 2. The summed E-state index contributed by atoms with van der Waals surface area (Å²) in [4.78, 5) is 16.0. The van der Waals surface area contributed by atoms with E-state index in [1.54, 1.807) is 63.2 Å². The monoisotopic (exact) mass is 563 g/mol. The number of aromatic nitrogens is 3. The molecule has 2 aromatic heterocycles. The summed E-state index contributed by atoms with van der Waals surface area (Å²) in [5.41, 5.74) is 4.69. The number of rotatable bonds is 10. The molecule has 3 heterocycles. The molecule has 0 aliphatic carbocycles. The molecule has 0 spiro atoms. The third-order valence-electron chi connectivity index (χ3n) is 6.20. The molecule has 0 unspecified atom stereocenters. The Hall–Kier alpha value is -3.06. The van der Waals surface area contributed by atoms with Gasteiger partial charge in [0, 0.05) is 6.54 Å². The number of nitrogens with zero attached hydrogens (tertiary/aromatic N) is 3. The minimum Gasteiger partial charge on any atom is -0.464 e. The van der Waals surface area contributed by atoms with E-state index in [2.05, 4.69) is 15.2 Å². The van der Waals surface area contributed by atoms with Crippen molar-refractivity contribution < 1.29 is 38.1 Å². The molecule has 3 aromatic rings. The molecule has 5 N–H and O–H groups in total. The summed E-state index contributed by atoms with van der Waals surface area (Å²) in [6, 6.07) is 11.7. The number of nitrogens with one attached hydrogen (secondary N) is 1. The summed E-state index contributed by atoms with van der Waals surface area (Å²) < 4.78 is 37.9. The van der Waals surface area contributed by atoms with Crippen LogP contribution in [0.15, 0.2) is 48.8 Å². The predicted molar refractivity (Wildman–Crippen MR) is 141 cm³/mol. The first-order chi connectivity index (χ1) is 18.3. The van der Waals surface area contributed by atoms with E-state index < -0.39 is 49.7 Å². The third kappa shape index (κ3) is 6.40. The zero-order chi connectivity index (χ0) is 28.4. The highest BCUT2D eigenvalue weighted by Gasteiger charge is 2.53. The molecule has 14 heteroatoms. The van der Waals surface area contributed by atoms with Gasteiger partial charge < -0.3 is 29.9 Å². The lowest BCUT2D eigenvalue weighted by Crippen LogP contribution is -2.44. The number of ether oxygens (including phenoxy) is 2. The Kier molecular flexibility index (Phi) is 8.31. The Morgan fingerprint density at radius 2 is 1.95 bits per heavy atom. The minimum absolute atomic E-state index is 0.0332. The van der Waals surface area contributed by atoms with Crippen LogP contribution in [0, 0.1) is 5.41 Å². The van der Waals surface area contributed by atoms with E-state index in [9.17, 15) is 19.6 Å². The van der Waals surface area contributed by atoms with Gasteiger partial charge >= 0.3 is 13.7 Å². The van der Waals surface area contributed by atoms with Crippen LogP contribution in [0.5, 0.6) is 5.75 Å². The fourth-order valence-electron chi connectivity index (χ4n) is 3.98. The van der Waals surface area contributed by atoms with Gasteiger partial charge in [0.1, 0.15) is 48.1 Å². The highest BCUT2D eigenvalue weighted by atomic mass is 31.2. The summed E-state index contributed by atoms with van der Waals surface area (Å²) >= 11 is 0. The van der Waals surface area contributed by atoms with Crippen molar-refractivity contribution in [1.82, 2.24) is 19.7 Å². The van der Waals surface area contributed by atoms with Crippen molar-refractivity contribution in [1.29, 1.82) is 0 Å². The fraction of sp³-hybridized carbons (Fsp3) is 0.480. The van der Waals surface area contributed by atoms with Crippen LogP contribution in [-0.4, -0.2) is 68.3 Å². The van der Waals surface area contributed by atoms with E-state index in [0.29, 0.717) is 11.2 Å². The van der Waals surface area contributed by atoms with Gasteiger partial charge in [-0.1, -0.05) is 18.2 Å². The summed E-state index contributed by atoms with van der Waals surface area (Å²) in [7, 11) is -4.07. The zero-order valence-corrected chi connectivity index (χ0v) is 23.1. The summed E-state index contributed by atoms with van der Waals surface area (Å²) in [5, 5.41) is 28.6. The smallest absolute Gasteiger partial charge is 0.458 e. The molecule has 1 aliphatic heterocycles. The van der Waals surface area contributed by atoms with Crippen LogP contribution in [0.1, 0.15) is 39.5 Å². The van der Waals surface area contributed by atoms with Gasteiger partial charge in [-0.2, -0.15) is 5.10 Å². The van der Waals surface area contributed by atoms with Crippen LogP contribution in [0.3, 0.4) is 0 Å². The van der Waals surface area contributed by atoms with Gasteiger partial charge in [-0.15, -0.1) is 0 Å². The van der Waals surface area contributed by atoms with Crippen LogP contribution in [0.25, 0.3) is 5.52 Å². The van der Waals surface area contributed by atoms with Crippen molar-refractivity contribution in [3.63, 3.8) is 0 Å². The summed E-state index contributed by atoms with van der Waals surface area (Å²) in [6.45, 7) is 6.17. The molecular weight excluding hydrogens is 529 g/mol. The topological polar surface area (TPSA) is 180 Å². The number of hydrogen-bond donors (Lipinski definition) is 4. The molecule has 212 valence electrons. The maximum absolute atomic E-state index is 13.7. The number of carbonyl (C=O) groups is 1. The first-order valence-corrected chi connectivity index (χ1v) is 13.9. The van der Waals surface area contributed by atoms with E-state index in [0.717, 1.165) is 0 Å². The average molecular weight is 564 g/mol. The first-order valence-electron chi connectivity index (χ1n) is 12.4. The Morgan fingerprint density at radius 1 is 1.23 bits per heavy atom. The SMILES string of the molecule is CC(C)(C)C(=O)OCCN[P@](=O)(OC[C@@]1(C)O[C@@H](c2ccc3c(N)ncnn23)[C@H](O)[C@@H]1O)Oc1ccccc1. The average Bonchev–Trinajstić information content (AvgIpc) is 3.41. The first kappa shape index (κ1) is 28.9. The number of nitrogens with two attached hydrogens (primary N) is 1. The van der Waals surface area contributed by atoms with Crippen LogP contribution in [0.4, 0.5) is 5.82 Å². The molecule has 4 rings (SSSR count). The Balaban J connectivity index is 1.48. The zero-order valence-electron chi connectivity index (χ0n) is 22.2. The van der Waals surface area contributed by atoms with Crippen LogP contribution in [-0.2, 0) is 23.4 Å². The predicted octanol–water partition coefficient (Wildman–Crippen LogP) is 2.25. The minimum atomic E-state index is -4.07. The molecule has 39 heavy (non-hydrogen) atoms. The van der Waals surface area contributed by atoms with Crippen molar-refractivity contribution in [3.8, 4) is 5.75 Å². The molecular formula is C25H34N5O8P. The van der Waals surface area contributed by atoms with Crippen LogP contribution in [0.2, 0.25) is 0 Å². The van der Waals surface area contributed by atoms with Gasteiger partial charge in [0.05, 0.1) is 17.7 Å². The third-order valence-corrected chi connectivity index (χ3v) is 7.73. The maximum atomic E-state index is 13.7. The van der Waals surface area contributed by atoms with E-state index in [1.807, 2.05) is 0 Å². The van der Waals surface area contributed by atoms with Crippen LogP contribution < -0.4 is 15.3 Å². The Labute approximate surface area is 225 Å². The van der Waals surface area contributed by atoms with Gasteiger partial charge in [-0.05, 0) is 52.0 Å². The molecule has 0 saturated carbocycles. The van der Waals surface area contributed by atoms with Crippen molar-refractivity contribution in [2.24, 2.45) is 5.41 Å². The van der Waals surface area contributed by atoms with Gasteiger partial charge in [0.2, 0.25) is 0 Å². The largest absolute Gasteiger partial charge is 0.464 e. The molecule has 13 nitrogen and oxygen atoms in total. The van der Waals surface area contributed by atoms with Gasteiger partial charge in [0.25, 0.3) is 0 Å². The molecule has 0 amide bonds. The second-order valence-electron chi connectivity index (χ2n) is 10.5. The standard InChI is InChI=1S/C25H34N5O8P/c1-24(2,3)23(33)35-13-12-29-39(34,38-16-8-6-5-7-9-16)36-14-25(4)21(32)19(31)20(37-25)17-10-11-18-22(26)27-15-28-30(17)18/h5-11,15,19-21,31-32H,12-14H2,1-4H3,(H,29,34)(H2,26,27,28)/t19-,20-,21-,25+,39-/m0/s1. The normalized spacial score (nSPS) is 24.9. The molecule has 0 radical (unpaired) electrons. The van der Waals surface area contributed by atoms with Gasteiger partial charge in [-0.25, -0.2) is 19.2 Å². The van der Waals surface area contributed by atoms with Crippen molar-refractivity contribution in [3.05, 3.63) is 54.5 Å². The van der Waals surface area contributed by atoms with Gasteiger partial charge in [-0.3, -0.25) is 9.32 Å². The molecule has 1 aliphatic rings. The Morgan fingerprint density at radius 3 is 2.64 bits per heavy atom. The number of fused-ring (bicyclic) bond motifs is 1. The van der Waals surface area contributed by atoms with E-state index in [1.165, 1.54) is 17.8 Å². The number of anilines is 1. The highest BCUT2D eigenvalue weighted by molar-refractivity contribution is 7.52. The molecule has 5 atom stereocenters. The summed E-state index contributed by atoms with van der Waals surface area (Å²) in [6.07, 6.45) is -2.49. The number of aliphatic hydroxyl groups is 2. The summed E-state index contributed by atoms with van der Waals surface area (Å²) in [5.74, 6) is 0.102. The van der Waals surface area contributed by atoms with E-state index in [-0.39, 0.29) is 24.7 Å². The van der Waals surface area contributed by atoms with Crippen molar-refractivity contribution >= 4 is 25.1 Å². The van der Waals surface area contributed by atoms with Crippen molar-refractivity contribution in [2.45, 2.75) is 51.6 Å². The van der Waals surface area contributed by atoms with Gasteiger partial charge in [0.15, 0.2) is 5.82 Å². The molecule has 0 bridgehead atoms. The number of benzene rings is 1. The maximum Gasteiger partial charge on any atom is 0.458 e. The lowest BCUT2D eigenvalue weighted by atomic mass is 9.97. The fourth-order valence-corrected chi connectivity index (χ4v) is 5.38. The lowest BCUT2D eigenvalue weighted by molar-refractivity contribution is -0.152. The molecule has 1 aromatic carbocycles. The number of esters is 1. The van der Waals surface area contributed by atoms with E-state index >= 15 is 0 Å². The quantitative estimate of drug-likeness (QED) is 0.161. The lowest BCUT2D eigenvalue weighted by Gasteiger charge is -2.29. The number of para-hydroxylation sites is 1. The number of hydrogen-bond acceptors (Lipinski definition) is 11.